The number of ether oxygens (including phenoxy) is 1. The SMILES string of the molecule is Cc1ccc(N=Cc2ccc(OCc3ccc([N+](=O)[O-])cc3)c(Cl)c2)cc1C. The Balaban J connectivity index is 1.65. The van der Waals surface area contributed by atoms with Gasteiger partial charge < -0.3 is 4.74 Å². The minimum Gasteiger partial charge on any atom is -0.487 e. The summed E-state index contributed by atoms with van der Waals surface area (Å²) < 4.78 is 5.72. The third-order valence-electron chi connectivity index (χ3n) is 4.35. The van der Waals surface area contributed by atoms with E-state index in [0.717, 1.165) is 16.8 Å². The van der Waals surface area contributed by atoms with E-state index in [2.05, 4.69) is 18.8 Å². The molecule has 0 radical (unpaired) electrons. The monoisotopic (exact) mass is 394 g/mol. The largest absolute Gasteiger partial charge is 0.487 e. The molecule has 0 saturated heterocycles. The van der Waals surface area contributed by atoms with Gasteiger partial charge in [0.05, 0.1) is 15.6 Å². The Bertz CT molecular complexity index is 1030. The van der Waals surface area contributed by atoms with Gasteiger partial charge in [0.15, 0.2) is 0 Å². The van der Waals surface area contributed by atoms with Gasteiger partial charge in [-0.1, -0.05) is 17.7 Å². The summed E-state index contributed by atoms with van der Waals surface area (Å²) in [6.07, 6.45) is 1.76. The van der Waals surface area contributed by atoms with Crippen molar-refractivity contribution < 1.29 is 9.66 Å². The zero-order valence-corrected chi connectivity index (χ0v) is 16.3. The van der Waals surface area contributed by atoms with Crippen LogP contribution in [0.1, 0.15) is 22.3 Å². The quantitative estimate of drug-likeness (QED) is 0.284. The number of hydrogen-bond donors (Lipinski definition) is 0. The summed E-state index contributed by atoms with van der Waals surface area (Å²) in [5.74, 6) is 0.545. The molecule has 3 aromatic carbocycles. The summed E-state index contributed by atoms with van der Waals surface area (Å²) in [5, 5.41) is 11.2. The lowest BCUT2D eigenvalue weighted by Crippen LogP contribution is -1.97. The zero-order valence-electron chi connectivity index (χ0n) is 15.6. The first kappa shape index (κ1) is 19.6. The number of aryl methyl sites for hydroxylation is 2. The van der Waals surface area contributed by atoms with Crippen molar-refractivity contribution in [2.45, 2.75) is 20.5 Å². The molecule has 142 valence electrons. The molecule has 3 rings (SSSR count). The molecule has 0 unspecified atom stereocenters. The third-order valence-corrected chi connectivity index (χ3v) is 4.65. The molecule has 0 aliphatic carbocycles. The van der Waals surface area contributed by atoms with E-state index in [1.807, 2.05) is 24.3 Å². The standard InChI is InChI=1S/C22H19ClN2O3/c1-15-3-7-19(11-16(15)2)24-13-18-6-10-22(21(23)12-18)28-14-17-4-8-20(9-5-17)25(26)27/h3-13H,14H2,1-2H3. The molecule has 0 heterocycles. The van der Waals surface area contributed by atoms with Crippen molar-refractivity contribution in [2.24, 2.45) is 4.99 Å². The first-order valence-electron chi connectivity index (χ1n) is 8.69. The molecular weight excluding hydrogens is 376 g/mol. The summed E-state index contributed by atoms with van der Waals surface area (Å²) >= 11 is 6.31. The van der Waals surface area contributed by atoms with Crippen molar-refractivity contribution in [3.63, 3.8) is 0 Å². The van der Waals surface area contributed by atoms with Gasteiger partial charge in [0.1, 0.15) is 12.4 Å². The van der Waals surface area contributed by atoms with E-state index < -0.39 is 4.92 Å². The molecule has 0 amide bonds. The Hall–Kier alpha value is -3.18. The second-order valence-electron chi connectivity index (χ2n) is 6.43. The van der Waals surface area contributed by atoms with Crippen LogP contribution in [0.5, 0.6) is 5.75 Å². The zero-order chi connectivity index (χ0) is 20.1. The van der Waals surface area contributed by atoms with E-state index in [1.165, 1.54) is 23.3 Å². The van der Waals surface area contributed by atoms with Crippen LogP contribution in [0.15, 0.2) is 65.7 Å². The molecule has 0 aliphatic rings. The fraction of sp³-hybridized carbons (Fsp3) is 0.136. The topological polar surface area (TPSA) is 64.7 Å². The number of nitro groups is 1. The van der Waals surface area contributed by atoms with Gasteiger partial charge in [-0.3, -0.25) is 15.1 Å². The molecule has 0 aliphatic heterocycles. The van der Waals surface area contributed by atoms with E-state index in [1.54, 1.807) is 30.5 Å². The van der Waals surface area contributed by atoms with Crippen molar-refractivity contribution >= 4 is 29.2 Å². The lowest BCUT2D eigenvalue weighted by Gasteiger charge is -2.08. The van der Waals surface area contributed by atoms with Gasteiger partial charge in [0.2, 0.25) is 0 Å². The molecule has 0 atom stereocenters. The summed E-state index contributed by atoms with van der Waals surface area (Å²) in [5.41, 5.74) is 5.05. The average molecular weight is 395 g/mol. The second kappa shape index (κ2) is 8.67. The van der Waals surface area contributed by atoms with Crippen molar-refractivity contribution in [2.75, 3.05) is 0 Å². The Morgan fingerprint density at radius 3 is 2.43 bits per heavy atom. The van der Waals surface area contributed by atoms with Gasteiger partial charge in [0, 0.05) is 18.3 Å². The normalized spacial score (nSPS) is 11.0. The maximum Gasteiger partial charge on any atom is 0.269 e. The minimum absolute atomic E-state index is 0.0502. The molecule has 28 heavy (non-hydrogen) atoms. The third kappa shape index (κ3) is 4.96. The number of halogens is 1. The van der Waals surface area contributed by atoms with Crippen molar-refractivity contribution in [1.29, 1.82) is 0 Å². The Morgan fingerprint density at radius 1 is 1.04 bits per heavy atom. The lowest BCUT2D eigenvalue weighted by molar-refractivity contribution is -0.384. The summed E-state index contributed by atoms with van der Waals surface area (Å²) in [4.78, 5) is 14.7. The summed E-state index contributed by atoms with van der Waals surface area (Å²) in [6, 6.07) is 17.7. The van der Waals surface area contributed by atoms with Gasteiger partial charge in [0.25, 0.3) is 5.69 Å². The summed E-state index contributed by atoms with van der Waals surface area (Å²) in [7, 11) is 0. The highest BCUT2D eigenvalue weighted by atomic mass is 35.5. The van der Waals surface area contributed by atoms with Crippen LogP contribution in [0.3, 0.4) is 0 Å². The van der Waals surface area contributed by atoms with Crippen LogP contribution in [-0.4, -0.2) is 11.1 Å². The van der Waals surface area contributed by atoms with Gasteiger partial charge in [-0.2, -0.15) is 0 Å². The lowest BCUT2D eigenvalue weighted by atomic mass is 10.1. The molecule has 0 bridgehead atoms. The molecule has 6 heteroatoms. The number of benzene rings is 3. The smallest absolute Gasteiger partial charge is 0.269 e. The maximum absolute atomic E-state index is 10.7. The van der Waals surface area contributed by atoms with Crippen LogP contribution in [0.2, 0.25) is 5.02 Å². The van der Waals surface area contributed by atoms with E-state index in [9.17, 15) is 10.1 Å². The van der Waals surface area contributed by atoms with Crippen LogP contribution >= 0.6 is 11.6 Å². The molecule has 5 nitrogen and oxygen atoms in total. The Labute approximate surface area is 168 Å². The highest BCUT2D eigenvalue weighted by Crippen LogP contribution is 2.26. The van der Waals surface area contributed by atoms with Crippen molar-refractivity contribution in [1.82, 2.24) is 0 Å². The maximum atomic E-state index is 10.7. The molecule has 0 spiro atoms. The van der Waals surface area contributed by atoms with Crippen molar-refractivity contribution in [3.8, 4) is 5.75 Å². The van der Waals surface area contributed by atoms with E-state index >= 15 is 0 Å². The molecule has 0 N–H and O–H groups in total. The van der Waals surface area contributed by atoms with Gasteiger partial charge >= 0.3 is 0 Å². The number of rotatable bonds is 6. The number of nitro benzene ring substituents is 1. The summed E-state index contributed by atoms with van der Waals surface area (Å²) in [6.45, 7) is 4.40. The second-order valence-corrected chi connectivity index (χ2v) is 6.84. The van der Waals surface area contributed by atoms with Crippen LogP contribution in [-0.2, 0) is 6.61 Å². The number of aliphatic imine (C=N–C) groups is 1. The van der Waals surface area contributed by atoms with Gasteiger partial charge in [-0.05, 0) is 78.6 Å². The van der Waals surface area contributed by atoms with Crippen LogP contribution in [0.4, 0.5) is 11.4 Å². The molecular formula is C22H19ClN2O3. The fourth-order valence-corrected chi connectivity index (χ4v) is 2.79. The van der Waals surface area contributed by atoms with Crippen LogP contribution in [0.25, 0.3) is 0 Å². The predicted molar refractivity (Wildman–Crippen MR) is 112 cm³/mol. The van der Waals surface area contributed by atoms with E-state index in [-0.39, 0.29) is 12.3 Å². The average Bonchev–Trinajstić information content (AvgIpc) is 2.68. The van der Waals surface area contributed by atoms with E-state index in [0.29, 0.717) is 10.8 Å². The first-order valence-corrected chi connectivity index (χ1v) is 9.07. The molecule has 0 aromatic heterocycles. The number of hydrogen-bond acceptors (Lipinski definition) is 4. The number of nitrogens with zero attached hydrogens (tertiary/aromatic N) is 2. The van der Waals surface area contributed by atoms with Gasteiger partial charge in [-0.25, -0.2) is 0 Å². The highest BCUT2D eigenvalue weighted by Gasteiger charge is 2.06. The molecule has 0 saturated carbocycles. The minimum atomic E-state index is -0.431. The molecule has 0 fully saturated rings. The van der Waals surface area contributed by atoms with Crippen LogP contribution in [0, 0.1) is 24.0 Å². The predicted octanol–water partition coefficient (Wildman–Crippen LogP) is 6.19. The first-order chi connectivity index (χ1) is 13.4. The van der Waals surface area contributed by atoms with Crippen LogP contribution < -0.4 is 4.74 Å². The Kier molecular flexibility index (Phi) is 6.06. The fourth-order valence-electron chi connectivity index (χ4n) is 2.54. The van der Waals surface area contributed by atoms with Gasteiger partial charge in [-0.15, -0.1) is 0 Å². The number of non-ortho nitro benzene ring substituents is 1. The molecule has 3 aromatic rings. The van der Waals surface area contributed by atoms with Crippen molar-refractivity contribution in [3.05, 3.63) is 98.1 Å². The Morgan fingerprint density at radius 2 is 1.79 bits per heavy atom. The van der Waals surface area contributed by atoms with E-state index in [4.69, 9.17) is 16.3 Å². The highest BCUT2D eigenvalue weighted by molar-refractivity contribution is 6.32.